The number of hydrogen-bond acceptors (Lipinski definition) is 5. The van der Waals surface area contributed by atoms with Crippen molar-refractivity contribution in [1.82, 2.24) is 15.0 Å². The Morgan fingerprint density at radius 3 is 2.71 bits per heavy atom. The van der Waals surface area contributed by atoms with Crippen molar-refractivity contribution in [3.63, 3.8) is 0 Å². The molecule has 2 heterocycles. The van der Waals surface area contributed by atoms with Crippen LogP contribution in [0.1, 0.15) is 49.4 Å². The maximum absolute atomic E-state index is 12.6. The Balaban J connectivity index is 1.63. The summed E-state index contributed by atoms with van der Waals surface area (Å²) < 4.78 is 4.99. The first kappa shape index (κ1) is 16.8. The van der Waals surface area contributed by atoms with Crippen LogP contribution in [0.3, 0.4) is 0 Å². The van der Waals surface area contributed by atoms with Gasteiger partial charge < -0.3 is 9.42 Å². The van der Waals surface area contributed by atoms with Crippen LogP contribution >= 0.6 is 0 Å². The van der Waals surface area contributed by atoms with Gasteiger partial charge in [0.05, 0.1) is 0 Å². The summed E-state index contributed by atoms with van der Waals surface area (Å²) in [4.78, 5) is 19.3. The number of piperidine rings is 1. The molecule has 1 aromatic heterocycles. The standard InChI is InChI=1S/C19H25N3O2/c1-13(2)22-10-4-5-15(12-22)11-18(23)16-6-8-17(9-7-16)19-20-14(3)24-21-19/h6-9,13,15H,4-5,10-12H2,1-3H3/t15-/m0/s1. The molecule has 1 atom stereocenters. The second-order valence-electron chi connectivity index (χ2n) is 6.94. The van der Waals surface area contributed by atoms with Crippen molar-refractivity contribution in [2.45, 2.75) is 46.1 Å². The number of likely N-dealkylation sites (tertiary alicyclic amines) is 1. The SMILES string of the molecule is Cc1nc(-c2ccc(C(=O)C[C@@H]3CCCN(C(C)C)C3)cc2)no1. The van der Waals surface area contributed by atoms with Gasteiger partial charge in [-0.3, -0.25) is 4.79 Å². The highest BCUT2D eigenvalue weighted by Crippen LogP contribution is 2.24. The largest absolute Gasteiger partial charge is 0.339 e. The van der Waals surface area contributed by atoms with E-state index in [1.165, 1.54) is 6.42 Å². The summed E-state index contributed by atoms with van der Waals surface area (Å²) in [5, 5.41) is 3.90. The highest BCUT2D eigenvalue weighted by atomic mass is 16.5. The Labute approximate surface area is 143 Å². The van der Waals surface area contributed by atoms with Crippen LogP contribution in [0.4, 0.5) is 0 Å². The quantitative estimate of drug-likeness (QED) is 0.783. The Bertz CT molecular complexity index is 691. The minimum Gasteiger partial charge on any atom is -0.339 e. The average molecular weight is 327 g/mol. The summed E-state index contributed by atoms with van der Waals surface area (Å²) >= 11 is 0. The molecule has 1 fully saturated rings. The van der Waals surface area contributed by atoms with Crippen LogP contribution in [0.5, 0.6) is 0 Å². The monoisotopic (exact) mass is 327 g/mol. The lowest BCUT2D eigenvalue weighted by Gasteiger charge is -2.35. The smallest absolute Gasteiger partial charge is 0.223 e. The molecule has 5 heteroatoms. The van der Waals surface area contributed by atoms with E-state index in [1.54, 1.807) is 6.92 Å². The predicted octanol–water partition coefficient (Wildman–Crippen LogP) is 3.74. The molecule has 24 heavy (non-hydrogen) atoms. The number of Topliss-reactive ketones (excluding diaryl/α,β-unsaturated/α-hetero) is 1. The van der Waals surface area contributed by atoms with E-state index in [0.29, 0.717) is 30.1 Å². The zero-order chi connectivity index (χ0) is 17.1. The van der Waals surface area contributed by atoms with Gasteiger partial charge in [0.1, 0.15) is 0 Å². The number of ketones is 1. The molecule has 0 bridgehead atoms. The summed E-state index contributed by atoms with van der Waals surface area (Å²) in [6.07, 6.45) is 2.96. The van der Waals surface area contributed by atoms with E-state index in [2.05, 4.69) is 28.9 Å². The van der Waals surface area contributed by atoms with Gasteiger partial charge >= 0.3 is 0 Å². The third-order valence-corrected chi connectivity index (χ3v) is 4.75. The number of rotatable bonds is 5. The molecule has 0 radical (unpaired) electrons. The summed E-state index contributed by atoms with van der Waals surface area (Å²) in [6.45, 7) is 8.40. The van der Waals surface area contributed by atoms with Crippen molar-refractivity contribution in [2.24, 2.45) is 5.92 Å². The summed E-state index contributed by atoms with van der Waals surface area (Å²) in [5.74, 6) is 1.79. The van der Waals surface area contributed by atoms with Crippen LogP contribution in [0.25, 0.3) is 11.4 Å². The predicted molar refractivity (Wildman–Crippen MR) is 92.9 cm³/mol. The zero-order valence-electron chi connectivity index (χ0n) is 14.7. The van der Waals surface area contributed by atoms with Gasteiger partial charge in [0.25, 0.3) is 0 Å². The fourth-order valence-electron chi connectivity index (χ4n) is 3.33. The van der Waals surface area contributed by atoms with Gasteiger partial charge in [0.15, 0.2) is 5.78 Å². The van der Waals surface area contributed by atoms with Crippen molar-refractivity contribution < 1.29 is 9.32 Å². The van der Waals surface area contributed by atoms with Crippen molar-refractivity contribution in [3.8, 4) is 11.4 Å². The average Bonchev–Trinajstić information content (AvgIpc) is 3.01. The maximum Gasteiger partial charge on any atom is 0.223 e. The second-order valence-corrected chi connectivity index (χ2v) is 6.94. The minimum absolute atomic E-state index is 0.224. The van der Waals surface area contributed by atoms with Gasteiger partial charge in [-0.2, -0.15) is 4.98 Å². The minimum atomic E-state index is 0.224. The van der Waals surface area contributed by atoms with Gasteiger partial charge in [-0.15, -0.1) is 0 Å². The summed E-state index contributed by atoms with van der Waals surface area (Å²) in [5.41, 5.74) is 1.63. The number of carbonyl (C=O) groups excluding carboxylic acids is 1. The molecule has 5 nitrogen and oxygen atoms in total. The van der Waals surface area contributed by atoms with E-state index in [1.807, 2.05) is 24.3 Å². The van der Waals surface area contributed by atoms with E-state index in [-0.39, 0.29) is 5.78 Å². The summed E-state index contributed by atoms with van der Waals surface area (Å²) in [7, 11) is 0. The van der Waals surface area contributed by atoms with Crippen LogP contribution in [-0.4, -0.2) is 40.0 Å². The van der Waals surface area contributed by atoms with Crippen LogP contribution in [0, 0.1) is 12.8 Å². The van der Waals surface area contributed by atoms with Gasteiger partial charge in [0.2, 0.25) is 11.7 Å². The first-order valence-electron chi connectivity index (χ1n) is 8.71. The topological polar surface area (TPSA) is 59.2 Å². The van der Waals surface area contributed by atoms with Gasteiger partial charge in [-0.1, -0.05) is 29.4 Å². The number of benzene rings is 1. The molecule has 1 aliphatic rings. The van der Waals surface area contributed by atoms with Crippen LogP contribution in [0.2, 0.25) is 0 Å². The Kier molecular flexibility index (Phi) is 5.09. The third kappa shape index (κ3) is 3.90. The molecule has 128 valence electrons. The molecule has 2 aromatic rings. The highest BCUT2D eigenvalue weighted by molar-refractivity contribution is 5.96. The lowest BCUT2D eigenvalue weighted by molar-refractivity contribution is 0.0890. The molecule has 0 spiro atoms. The Morgan fingerprint density at radius 1 is 1.33 bits per heavy atom. The first-order valence-corrected chi connectivity index (χ1v) is 8.71. The fourth-order valence-corrected chi connectivity index (χ4v) is 3.33. The molecule has 0 N–H and O–H groups in total. The van der Waals surface area contributed by atoms with E-state index in [0.717, 1.165) is 30.6 Å². The molecule has 0 aliphatic carbocycles. The van der Waals surface area contributed by atoms with Gasteiger partial charge in [-0.25, -0.2) is 0 Å². The molecule has 1 aliphatic heterocycles. The van der Waals surface area contributed by atoms with Gasteiger partial charge in [0, 0.05) is 37.1 Å². The first-order chi connectivity index (χ1) is 11.5. The second kappa shape index (κ2) is 7.26. The lowest BCUT2D eigenvalue weighted by atomic mass is 9.90. The number of aryl methyl sites for hydroxylation is 1. The number of aromatic nitrogens is 2. The van der Waals surface area contributed by atoms with Crippen molar-refractivity contribution in [1.29, 1.82) is 0 Å². The van der Waals surface area contributed by atoms with Crippen LogP contribution in [-0.2, 0) is 0 Å². The maximum atomic E-state index is 12.6. The number of hydrogen-bond donors (Lipinski definition) is 0. The van der Waals surface area contributed by atoms with Crippen LogP contribution < -0.4 is 0 Å². The zero-order valence-corrected chi connectivity index (χ0v) is 14.7. The molecule has 0 unspecified atom stereocenters. The number of nitrogens with zero attached hydrogens (tertiary/aromatic N) is 3. The van der Waals surface area contributed by atoms with Gasteiger partial charge in [-0.05, 0) is 39.2 Å². The molecule has 1 saturated heterocycles. The highest BCUT2D eigenvalue weighted by Gasteiger charge is 2.24. The molecule has 0 amide bonds. The molecule has 0 saturated carbocycles. The van der Waals surface area contributed by atoms with E-state index in [9.17, 15) is 4.79 Å². The molecular formula is C19H25N3O2. The van der Waals surface area contributed by atoms with Crippen LogP contribution in [0.15, 0.2) is 28.8 Å². The molecule has 3 rings (SSSR count). The van der Waals surface area contributed by atoms with E-state index >= 15 is 0 Å². The number of carbonyl (C=O) groups is 1. The lowest BCUT2D eigenvalue weighted by Crippen LogP contribution is -2.40. The van der Waals surface area contributed by atoms with E-state index in [4.69, 9.17) is 4.52 Å². The molecule has 1 aromatic carbocycles. The van der Waals surface area contributed by atoms with Crippen molar-refractivity contribution in [3.05, 3.63) is 35.7 Å². The normalized spacial score (nSPS) is 18.9. The Hall–Kier alpha value is -2.01. The third-order valence-electron chi connectivity index (χ3n) is 4.75. The Morgan fingerprint density at radius 2 is 2.08 bits per heavy atom. The fraction of sp³-hybridized carbons (Fsp3) is 0.526. The van der Waals surface area contributed by atoms with Crippen molar-refractivity contribution >= 4 is 5.78 Å². The van der Waals surface area contributed by atoms with E-state index < -0.39 is 0 Å². The molecular weight excluding hydrogens is 302 g/mol. The van der Waals surface area contributed by atoms with Crippen molar-refractivity contribution in [2.75, 3.05) is 13.1 Å². The summed E-state index contributed by atoms with van der Waals surface area (Å²) in [6, 6.07) is 8.07.